The van der Waals surface area contributed by atoms with E-state index in [0.717, 1.165) is 37.5 Å². The summed E-state index contributed by atoms with van der Waals surface area (Å²) in [7, 11) is 0. The van der Waals surface area contributed by atoms with Crippen molar-refractivity contribution in [1.82, 2.24) is 5.32 Å². The van der Waals surface area contributed by atoms with Gasteiger partial charge in [-0.25, -0.2) is 0 Å². The van der Waals surface area contributed by atoms with Gasteiger partial charge in [-0.2, -0.15) is 0 Å². The highest BCUT2D eigenvalue weighted by atomic mass is 16.5. The zero-order valence-electron chi connectivity index (χ0n) is 12.8. The van der Waals surface area contributed by atoms with E-state index in [9.17, 15) is 0 Å². The van der Waals surface area contributed by atoms with Crippen molar-refractivity contribution in [3.8, 4) is 11.5 Å². The van der Waals surface area contributed by atoms with Crippen LogP contribution >= 0.6 is 0 Å². The Balaban J connectivity index is 1.51. The van der Waals surface area contributed by atoms with Crippen LogP contribution < -0.4 is 14.8 Å². The molecule has 2 atom stereocenters. The van der Waals surface area contributed by atoms with E-state index in [0.29, 0.717) is 25.4 Å². The average molecular weight is 291 g/mol. The number of nitrogens with one attached hydrogen (secondary N) is 1. The number of ether oxygens (including phenoxy) is 3. The first-order valence-corrected chi connectivity index (χ1v) is 8.11. The Morgan fingerprint density at radius 2 is 2.33 bits per heavy atom. The Morgan fingerprint density at radius 3 is 3.14 bits per heavy atom. The smallest absolute Gasteiger partial charge is 0.127 e. The Morgan fingerprint density at radius 1 is 1.38 bits per heavy atom. The SMILES string of the molecule is CCCNC1COc2cc(OCCC3CCCO3)ccc21. The van der Waals surface area contributed by atoms with E-state index < -0.39 is 0 Å². The van der Waals surface area contributed by atoms with Crippen LogP contribution in [0.5, 0.6) is 11.5 Å². The van der Waals surface area contributed by atoms with Gasteiger partial charge in [0.05, 0.1) is 18.8 Å². The third kappa shape index (κ3) is 3.69. The molecule has 2 aliphatic heterocycles. The van der Waals surface area contributed by atoms with Crippen LogP contribution in [0, 0.1) is 0 Å². The second-order valence-corrected chi connectivity index (χ2v) is 5.79. The van der Waals surface area contributed by atoms with Crippen LogP contribution in [0.15, 0.2) is 18.2 Å². The van der Waals surface area contributed by atoms with Crippen molar-refractivity contribution in [3.05, 3.63) is 23.8 Å². The Labute approximate surface area is 126 Å². The molecule has 4 heteroatoms. The molecular weight excluding hydrogens is 266 g/mol. The maximum atomic E-state index is 5.83. The van der Waals surface area contributed by atoms with Crippen molar-refractivity contribution in [2.45, 2.75) is 44.8 Å². The summed E-state index contributed by atoms with van der Waals surface area (Å²) in [6.07, 6.45) is 4.85. The fourth-order valence-electron chi connectivity index (χ4n) is 2.95. The zero-order valence-corrected chi connectivity index (χ0v) is 12.8. The molecule has 1 fully saturated rings. The quantitative estimate of drug-likeness (QED) is 0.838. The summed E-state index contributed by atoms with van der Waals surface area (Å²) in [6.45, 7) is 5.53. The molecule has 0 aromatic heterocycles. The van der Waals surface area contributed by atoms with E-state index in [1.54, 1.807) is 0 Å². The summed E-state index contributed by atoms with van der Waals surface area (Å²) < 4.78 is 17.2. The molecule has 2 aliphatic rings. The molecule has 1 aromatic rings. The standard InChI is InChI=1S/C17H25NO3/c1-2-8-18-16-12-21-17-11-14(5-6-15(16)17)20-10-7-13-4-3-9-19-13/h5-6,11,13,16,18H,2-4,7-10,12H2,1H3. The predicted molar refractivity (Wildman–Crippen MR) is 82.1 cm³/mol. The van der Waals surface area contributed by atoms with Crippen LogP contribution in [0.3, 0.4) is 0 Å². The molecule has 116 valence electrons. The molecule has 0 spiro atoms. The van der Waals surface area contributed by atoms with Crippen LogP contribution in [0.25, 0.3) is 0 Å². The van der Waals surface area contributed by atoms with Crippen LogP contribution in [0.4, 0.5) is 0 Å². The minimum Gasteiger partial charge on any atom is -0.493 e. The zero-order chi connectivity index (χ0) is 14.5. The van der Waals surface area contributed by atoms with Crippen LogP contribution in [0.2, 0.25) is 0 Å². The molecule has 1 aromatic carbocycles. The van der Waals surface area contributed by atoms with Crippen LogP contribution in [-0.4, -0.2) is 32.5 Å². The van der Waals surface area contributed by atoms with Gasteiger partial charge < -0.3 is 19.5 Å². The van der Waals surface area contributed by atoms with Gasteiger partial charge in [0.2, 0.25) is 0 Å². The van der Waals surface area contributed by atoms with Crippen LogP contribution in [0.1, 0.15) is 44.2 Å². The van der Waals surface area contributed by atoms with Gasteiger partial charge in [-0.1, -0.05) is 6.92 Å². The predicted octanol–water partition coefficient (Wildman–Crippen LogP) is 3.07. The second-order valence-electron chi connectivity index (χ2n) is 5.79. The fourth-order valence-corrected chi connectivity index (χ4v) is 2.95. The topological polar surface area (TPSA) is 39.7 Å². The minimum absolute atomic E-state index is 0.320. The number of hydrogen-bond donors (Lipinski definition) is 1. The van der Waals surface area contributed by atoms with Gasteiger partial charge in [-0.3, -0.25) is 0 Å². The highest BCUT2D eigenvalue weighted by molar-refractivity contribution is 5.45. The summed E-state index contributed by atoms with van der Waals surface area (Å²) >= 11 is 0. The van der Waals surface area contributed by atoms with Gasteiger partial charge in [0.1, 0.15) is 18.1 Å². The molecule has 1 saturated heterocycles. The molecule has 3 rings (SSSR count). The lowest BCUT2D eigenvalue weighted by Crippen LogP contribution is -2.22. The second kappa shape index (κ2) is 7.14. The third-order valence-electron chi connectivity index (χ3n) is 4.14. The largest absolute Gasteiger partial charge is 0.493 e. The van der Waals surface area contributed by atoms with Gasteiger partial charge in [0.15, 0.2) is 0 Å². The lowest BCUT2D eigenvalue weighted by molar-refractivity contribution is 0.0903. The molecule has 0 radical (unpaired) electrons. The molecule has 2 heterocycles. The van der Waals surface area contributed by atoms with Crippen molar-refractivity contribution in [3.63, 3.8) is 0 Å². The third-order valence-corrected chi connectivity index (χ3v) is 4.14. The first-order chi connectivity index (χ1) is 10.4. The lowest BCUT2D eigenvalue weighted by Gasteiger charge is -2.12. The number of rotatable bonds is 7. The Bertz CT molecular complexity index is 457. The van der Waals surface area contributed by atoms with Crippen molar-refractivity contribution in [2.75, 3.05) is 26.4 Å². The van der Waals surface area contributed by atoms with Gasteiger partial charge >= 0.3 is 0 Å². The number of benzene rings is 1. The van der Waals surface area contributed by atoms with E-state index >= 15 is 0 Å². The summed E-state index contributed by atoms with van der Waals surface area (Å²) in [4.78, 5) is 0. The summed E-state index contributed by atoms with van der Waals surface area (Å²) in [5.74, 6) is 1.85. The number of fused-ring (bicyclic) bond motifs is 1. The summed E-state index contributed by atoms with van der Waals surface area (Å²) in [5, 5.41) is 3.50. The molecule has 21 heavy (non-hydrogen) atoms. The Kier molecular flexibility index (Phi) is 4.99. The summed E-state index contributed by atoms with van der Waals surface area (Å²) in [6, 6.07) is 6.50. The highest BCUT2D eigenvalue weighted by Crippen LogP contribution is 2.35. The molecule has 2 unspecified atom stereocenters. The first kappa shape index (κ1) is 14.7. The molecule has 0 saturated carbocycles. The van der Waals surface area contributed by atoms with Gasteiger partial charge in [0.25, 0.3) is 0 Å². The van der Waals surface area contributed by atoms with Crippen molar-refractivity contribution in [2.24, 2.45) is 0 Å². The molecule has 0 bridgehead atoms. The monoisotopic (exact) mass is 291 g/mol. The van der Waals surface area contributed by atoms with E-state index in [2.05, 4.69) is 18.3 Å². The van der Waals surface area contributed by atoms with E-state index in [-0.39, 0.29) is 0 Å². The molecular formula is C17H25NO3. The molecule has 4 nitrogen and oxygen atoms in total. The first-order valence-electron chi connectivity index (χ1n) is 8.11. The highest BCUT2D eigenvalue weighted by Gasteiger charge is 2.23. The lowest BCUT2D eigenvalue weighted by atomic mass is 10.1. The van der Waals surface area contributed by atoms with Crippen molar-refractivity contribution in [1.29, 1.82) is 0 Å². The van der Waals surface area contributed by atoms with E-state index in [1.165, 1.54) is 18.4 Å². The molecule has 0 aliphatic carbocycles. The van der Waals surface area contributed by atoms with Crippen molar-refractivity contribution >= 4 is 0 Å². The van der Waals surface area contributed by atoms with Gasteiger partial charge in [-0.05, 0) is 37.9 Å². The van der Waals surface area contributed by atoms with E-state index in [4.69, 9.17) is 14.2 Å². The van der Waals surface area contributed by atoms with Crippen LogP contribution in [-0.2, 0) is 4.74 Å². The molecule has 1 N–H and O–H groups in total. The van der Waals surface area contributed by atoms with Crippen molar-refractivity contribution < 1.29 is 14.2 Å². The minimum atomic E-state index is 0.320. The average Bonchev–Trinajstić information content (AvgIpc) is 3.14. The molecule has 0 amide bonds. The maximum absolute atomic E-state index is 5.83. The maximum Gasteiger partial charge on any atom is 0.127 e. The van der Waals surface area contributed by atoms with Gasteiger partial charge in [0, 0.05) is 24.7 Å². The van der Waals surface area contributed by atoms with E-state index in [1.807, 2.05) is 12.1 Å². The number of hydrogen-bond acceptors (Lipinski definition) is 4. The Hall–Kier alpha value is -1.26. The van der Waals surface area contributed by atoms with Gasteiger partial charge in [-0.15, -0.1) is 0 Å². The fraction of sp³-hybridized carbons (Fsp3) is 0.647. The summed E-state index contributed by atoms with van der Waals surface area (Å²) in [5.41, 5.74) is 1.25. The normalized spacial score (nSPS) is 23.9.